The fourth-order valence-electron chi connectivity index (χ4n) is 6.04. The molecule has 0 aliphatic carbocycles. The Morgan fingerprint density at radius 3 is 1.24 bits per heavy atom. The molecule has 0 saturated carbocycles. The van der Waals surface area contributed by atoms with Gasteiger partial charge in [-0.15, -0.1) is 0 Å². The number of nitrogens with one attached hydrogen (secondary N) is 4. The number of aromatic amines is 2. The Morgan fingerprint density at radius 2 is 0.927 bits per heavy atom. The van der Waals surface area contributed by atoms with E-state index < -0.39 is 51.4 Å². The molecular weight excluding hydrogens is 693 g/mol. The van der Waals surface area contributed by atoms with Gasteiger partial charge in [-0.25, -0.2) is 9.97 Å². The van der Waals surface area contributed by atoms with Gasteiger partial charge in [-0.2, -0.15) is 0 Å². The second-order valence-corrected chi connectivity index (χ2v) is 19.3. The number of hydrogen-bond acceptors (Lipinski definition) is 7. The highest BCUT2D eigenvalue weighted by Gasteiger charge is 2.49. The maximum atomic E-state index is 13.7. The molecule has 2 heterocycles. The Morgan fingerprint density at radius 1 is 0.582 bits per heavy atom. The number of H-pyrrole nitrogens is 2. The maximum Gasteiger partial charge on any atom is 0.303 e. The number of ether oxygens (including phenoxy) is 1. The van der Waals surface area contributed by atoms with E-state index in [0.717, 1.165) is 33.6 Å². The molecule has 0 radical (unpaired) electrons. The van der Waals surface area contributed by atoms with E-state index in [9.17, 15) is 19.5 Å². The molecule has 4 atom stereocenters. The number of hydrogen-bond donors (Lipinski definition) is 5. The summed E-state index contributed by atoms with van der Waals surface area (Å²) in [5.74, 6) is -0.136. The van der Waals surface area contributed by atoms with E-state index in [4.69, 9.17) is 4.74 Å². The molecular formula is C44H62N6O5. The molecule has 55 heavy (non-hydrogen) atoms. The first-order valence-corrected chi connectivity index (χ1v) is 18.9. The third kappa shape index (κ3) is 9.37. The van der Waals surface area contributed by atoms with Crippen molar-refractivity contribution < 1.29 is 24.2 Å². The van der Waals surface area contributed by atoms with E-state index in [1.807, 2.05) is 107 Å². The predicted molar refractivity (Wildman–Crippen MR) is 217 cm³/mol. The normalized spacial score (nSPS) is 16.0. The van der Waals surface area contributed by atoms with Crippen molar-refractivity contribution in [3.63, 3.8) is 0 Å². The quantitative estimate of drug-likeness (QED) is 0.101. The van der Waals surface area contributed by atoms with Gasteiger partial charge in [0.1, 0.15) is 17.2 Å². The molecule has 298 valence electrons. The van der Waals surface area contributed by atoms with Gasteiger partial charge in [0.2, 0.25) is 0 Å². The summed E-state index contributed by atoms with van der Waals surface area (Å²) in [6, 6.07) is 15.4. The number of benzene rings is 2. The van der Waals surface area contributed by atoms with Crippen LogP contribution < -0.4 is 10.6 Å². The summed E-state index contributed by atoms with van der Waals surface area (Å²) in [4.78, 5) is 55.1. The van der Waals surface area contributed by atoms with Crippen molar-refractivity contribution in [1.29, 1.82) is 0 Å². The van der Waals surface area contributed by atoms with Crippen LogP contribution in [-0.4, -0.2) is 54.0 Å². The summed E-state index contributed by atoms with van der Waals surface area (Å²) >= 11 is 0. The van der Waals surface area contributed by atoms with Crippen molar-refractivity contribution in [3.05, 3.63) is 72.6 Å². The zero-order valence-corrected chi connectivity index (χ0v) is 35.4. The number of nitrogens with zero attached hydrogens (tertiary/aromatic N) is 2. The molecule has 2 aromatic carbocycles. The zero-order chi connectivity index (χ0) is 41.5. The summed E-state index contributed by atoms with van der Waals surface area (Å²) in [7, 11) is 0. The number of imidazole rings is 2. The predicted octanol–water partition coefficient (Wildman–Crippen LogP) is 8.71. The van der Waals surface area contributed by atoms with Gasteiger partial charge in [-0.1, -0.05) is 132 Å². The van der Waals surface area contributed by atoms with Crippen LogP contribution in [-0.2, 0) is 19.1 Å². The van der Waals surface area contributed by atoms with Crippen LogP contribution in [0.5, 0.6) is 0 Å². The average molecular weight is 755 g/mol. The van der Waals surface area contributed by atoms with Crippen LogP contribution in [0.3, 0.4) is 0 Å². The van der Waals surface area contributed by atoms with E-state index >= 15 is 0 Å². The molecule has 11 heteroatoms. The van der Waals surface area contributed by atoms with Crippen molar-refractivity contribution in [2.45, 2.75) is 127 Å². The van der Waals surface area contributed by atoms with Crippen molar-refractivity contribution in [2.24, 2.45) is 21.7 Å². The van der Waals surface area contributed by atoms with Gasteiger partial charge in [0, 0.05) is 12.3 Å². The van der Waals surface area contributed by atoms with E-state index in [0.29, 0.717) is 11.6 Å². The smallest absolute Gasteiger partial charge is 0.303 e. The molecule has 0 aliphatic rings. The molecule has 4 rings (SSSR count). The summed E-state index contributed by atoms with van der Waals surface area (Å²) in [6.07, 6.45) is 3.53. The third-order valence-electron chi connectivity index (χ3n) is 10.9. The molecule has 5 N–H and O–H groups in total. The molecule has 0 spiro atoms. The van der Waals surface area contributed by atoms with E-state index in [1.54, 1.807) is 26.2 Å². The van der Waals surface area contributed by atoms with Crippen molar-refractivity contribution >= 4 is 17.8 Å². The number of aliphatic hydroxyl groups is 1. The van der Waals surface area contributed by atoms with E-state index in [2.05, 4.69) is 54.8 Å². The molecule has 0 fully saturated rings. The summed E-state index contributed by atoms with van der Waals surface area (Å²) in [6.45, 7) is 27.8. The highest BCUT2D eigenvalue weighted by Crippen LogP contribution is 2.39. The van der Waals surface area contributed by atoms with Crippen LogP contribution >= 0.6 is 0 Å². The van der Waals surface area contributed by atoms with Crippen molar-refractivity contribution in [3.8, 4) is 33.6 Å². The van der Waals surface area contributed by atoms with Gasteiger partial charge in [0.05, 0.1) is 35.9 Å². The largest absolute Gasteiger partial charge is 0.449 e. The first-order chi connectivity index (χ1) is 25.1. The van der Waals surface area contributed by atoms with E-state index in [1.165, 1.54) is 6.92 Å². The van der Waals surface area contributed by atoms with Crippen molar-refractivity contribution in [2.75, 3.05) is 0 Å². The van der Waals surface area contributed by atoms with Crippen LogP contribution in [0.25, 0.3) is 33.6 Å². The molecule has 11 nitrogen and oxygen atoms in total. The topological polar surface area (TPSA) is 162 Å². The number of aromatic nitrogens is 4. The lowest BCUT2D eigenvalue weighted by atomic mass is 9.76. The average Bonchev–Trinajstić information content (AvgIpc) is 3.74. The summed E-state index contributed by atoms with van der Waals surface area (Å²) in [5, 5.41) is 17.2. The Balaban J connectivity index is 1.52. The van der Waals surface area contributed by atoms with Crippen LogP contribution in [0.2, 0.25) is 0 Å². The number of carbonyl (C=O) groups excluding carboxylic acids is 3. The number of esters is 1. The highest BCUT2D eigenvalue weighted by atomic mass is 16.6. The molecule has 2 amide bonds. The number of carbonyl (C=O) groups is 3. The van der Waals surface area contributed by atoms with Crippen LogP contribution in [0, 0.1) is 21.7 Å². The van der Waals surface area contributed by atoms with Gasteiger partial charge < -0.3 is 30.4 Å². The van der Waals surface area contributed by atoms with Crippen LogP contribution in [0.4, 0.5) is 0 Å². The molecule has 0 unspecified atom stereocenters. The second kappa shape index (κ2) is 15.0. The third-order valence-corrected chi connectivity index (χ3v) is 10.9. The van der Waals surface area contributed by atoms with Gasteiger partial charge in [-0.05, 0) is 52.3 Å². The van der Waals surface area contributed by atoms with E-state index in [-0.39, 0.29) is 11.3 Å². The zero-order valence-electron chi connectivity index (χ0n) is 35.4. The molecule has 4 aromatic rings. The fourth-order valence-corrected chi connectivity index (χ4v) is 6.04. The Bertz CT molecular complexity index is 1980. The minimum Gasteiger partial charge on any atom is -0.449 e. The standard InChI is InChI=1S/C44H62N6O5/c1-26(51)55-44(15,42(11,12)13)38(53)50-34(40(5,6)7)36-46-25-32(48-36)30-22-18-28(19-23-30)27-16-20-29(21-17-27)31-24-45-35(47-31)33(39(2,3)4)49-37(52)43(14,54)41(8,9)10/h16-25,33-34,54H,1-15H3,(H,45,47)(H,46,48)(H,49,52)(H,50,53)/t33-,34-,43+,44+/m1/s1. The SMILES string of the molecule is CC(=O)O[C@@](C)(C(=O)N[C@H](c1ncc(-c2ccc(-c3ccc(-c4cnc([C@@H](NC(=O)[C@](C)(O)C(C)(C)C)C(C)(C)C)[nH]4)cc3)cc2)[nH]1)C(C)(C)C)C(C)(C)C. The van der Waals surface area contributed by atoms with Crippen LogP contribution in [0.1, 0.15) is 128 Å². The second-order valence-electron chi connectivity index (χ2n) is 19.3. The molecule has 0 bridgehead atoms. The Labute approximate surface area is 326 Å². The molecule has 2 aromatic heterocycles. The minimum absolute atomic E-state index is 0.378. The number of amides is 2. The van der Waals surface area contributed by atoms with Gasteiger partial charge in [-0.3, -0.25) is 14.4 Å². The van der Waals surface area contributed by atoms with Crippen LogP contribution in [0.15, 0.2) is 60.9 Å². The monoisotopic (exact) mass is 754 g/mol. The fraction of sp³-hybridized carbons (Fsp3) is 0.523. The molecule has 0 saturated heterocycles. The minimum atomic E-state index is -1.57. The van der Waals surface area contributed by atoms with Crippen molar-refractivity contribution in [1.82, 2.24) is 30.6 Å². The first kappa shape index (κ1) is 43.0. The lowest BCUT2D eigenvalue weighted by Gasteiger charge is -2.41. The lowest BCUT2D eigenvalue weighted by molar-refractivity contribution is -0.178. The highest BCUT2D eigenvalue weighted by molar-refractivity contribution is 5.88. The van der Waals surface area contributed by atoms with Gasteiger partial charge >= 0.3 is 5.97 Å². The summed E-state index contributed by atoms with van der Waals surface area (Å²) in [5.41, 5.74) is 0.518. The van der Waals surface area contributed by atoms with Gasteiger partial charge in [0.25, 0.3) is 11.8 Å². The Kier molecular flexibility index (Phi) is 11.8. The first-order valence-electron chi connectivity index (χ1n) is 18.9. The summed E-state index contributed by atoms with van der Waals surface area (Å²) < 4.78 is 5.61. The maximum absolute atomic E-state index is 13.7. The number of rotatable bonds is 10. The van der Waals surface area contributed by atoms with Gasteiger partial charge in [0.15, 0.2) is 5.60 Å². The lowest BCUT2D eigenvalue weighted by Crippen LogP contribution is -2.57. The Hall–Kier alpha value is -4.77. The molecule has 0 aliphatic heterocycles.